The summed E-state index contributed by atoms with van der Waals surface area (Å²) in [6, 6.07) is 12.0. The van der Waals surface area contributed by atoms with Crippen LogP contribution < -0.4 is 5.32 Å². The topological polar surface area (TPSA) is 73.0 Å². The van der Waals surface area contributed by atoms with E-state index >= 15 is 0 Å². The number of rotatable bonds is 4. The van der Waals surface area contributed by atoms with Gasteiger partial charge in [-0.15, -0.1) is 0 Å². The minimum absolute atomic E-state index is 0.256. The lowest BCUT2D eigenvalue weighted by Gasteiger charge is -2.16. The van der Waals surface area contributed by atoms with E-state index in [9.17, 15) is 4.79 Å². The monoisotopic (exact) mass is 350 g/mol. The zero-order chi connectivity index (χ0) is 18.1. The first-order valence-electron chi connectivity index (χ1n) is 8.97. The molecule has 1 amide bonds. The van der Waals surface area contributed by atoms with Crippen LogP contribution in [0.15, 0.2) is 40.9 Å². The predicted molar refractivity (Wildman–Crippen MR) is 98.2 cm³/mol. The Balaban J connectivity index is 1.50. The number of anilines is 1. The third kappa shape index (κ3) is 3.27. The molecule has 1 N–H and O–H groups in total. The molecule has 26 heavy (non-hydrogen) atoms. The number of carbonyl (C=O) groups is 1. The van der Waals surface area contributed by atoms with Crippen LogP contribution in [0.3, 0.4) is 0 Å². The molecule has 1 aliphatic carbocycles. The Morgan fingerprint density at radius 1 is 1.35 bits per heavy atom. The Labute approximate surface area is 152 Å². The first kappa shape index (κ1) is 16.6. The van der Waals surface area contributed by atoms with Gasteiger partial charge in [-0.1, -0.05) is 42.4 Å². The summed E-state index contributed by atoms with van der Waals surface area (Å²) in [4.78, 5) is 12.6. The summed E-state index contributed by atoms with van der Waals surface area (Å²) in [7, 11) is 0. The molecule has 1 atom stereocenters. The van der Waals surface area contributed by atoms with Crippen LogP contribution in [0.25, 0.3) is 0 Å². The van der Waals surface area contributed by atoms with Gasteiger partial charge in [0.1, 0.15) is 5.76 Å². The molecule has 0 aliphatic heterocycles. The van der Waals surface area contributed by atoms with Crippen LogP contribution >= 0.6 is 0 Å². The van der Waals surface area contributed by atoms with Crippen molar-refractivity contribution in [3.63, 3.8) is 0 Å². The first-order chi connectivity index (χ1) is 12.6. The quantitative estimate of drug-likeness (QED) is 0.780. The van der Waals surface area contributed by atoms with E-state index in [1.807, 2.05) is 35.9 Å². The van der Waals surface area contributed by atoms with E-state index in [1.54, 1.807) is 0 Å². The highest BCUT2D eigenvalue weighted by Gasteiger charge is 2.27. The third-order valence-electron chi connectivity index (χ3n) is 4.90. The summed E-state index contributed by atoms with van der Waals surface area (Å²) in [5, 5.41) is 11.4. The Morgan fingerprint density at radius 3 is 2.96 bits per heavy atom. The highest BCUT2D eigenvalue weighted by Crippen LogP contribution is 2.28. The zero-order valence-corrected chi connectivity index (χ0v) is 15.0. The lowest BCUT2D eigenvalue weighted by molar-refractivity contribution is 0.101. The number of aromatic nitrogens is 3. The largest absolute Gasteiger partial charge is 0.360 e. The molecule has 0 fully saturated rings. The van der Waals surface area contributed by atoms with Gasteiger partial charge in [-0.25, -0.2) is 0 Å². The fraction of sp³-hybridized carbons (Fsp3) is 0.350. The van der Waals surface area contributed by atoms with Crippen molar-refractivity contribution in [2.45, 2.75) is 39.7 Å². The van der Waals surface area contributed by atoms with Crippen molar-refractivity contribution in [2.24, 2.45) is 5.92 Å². The van der Waals surface area contributed by atoms with Crippen molar-refractivity contribution in [1.82, 2.24) is 14.9 Å². The van der Waals surface area contributed by atoms with E-state index in [0.29, 0.717) is 24.0 Å². The van der Waals surface area contributed by atoms with Gasteiger partial charge in [0.15, 0.2) is 11.5 Å². The zero-order valence-electron chi connectivity index (χ0n) is 15.0. The second-order valence-corrected chi connectivity index (χ2v) is 7.05. The number of nitrogens with one attached hydrogen (secondary N) is 1. The molecular formula is C20H22N4O2. The molecule has 6 nitrogen and oxygen atoms in total. The van der Waals surface area contributed by atoms with Crippen LogP contribution in [-0.4, -0.2) is 20.8 Å². The third-order valence-corrected chi connectivity index (χ3v) is 4.90. The van der Waals surface area contributed by atoms with Crippen molar-refractivity contribution in [2.75, 3.05) is 5.32 Å². The fourth-order valence-electron chi connectivity index (χ4n) is 3.42. The summed E-state index contributed by atoms with van der Waals surface area (Å²) >= 11 is 0. The summed E-state index contributed by atoms with van der Waals surface area (Å²) in [5.41, 5.74) is 3.49. The molecule has 0 spiro atoms. The van der Waals surface area contributed by atoms with Gasteiger partial charge in [0.25, 0.3) is 5.91 Å². The molecular weight excluding hydrogens is 328 g/mol. The SMILES string of the molecule is Cc1cc(NC(=O)c2noc3c2CC(C)CC3)nn1Cc1ccccc1. The molecule has 0 bridgehead atoms. The van der Waals surface area contributed by atoms with E-state index in [0.717, 1.165) is 41.8 Å². The average Bonchev–Trinajstić information content (AvgIpc) is 3.19. The Kier molecular flexibility index (Phi) is 4.32. The van der Waals surface area contributed by atoms with Gasteiger partial charge in [0.2, 0.25) is 0 Å². The van der Waals surface area contributed by atoms with E-state index in [2.05, 4.69) is 34.6 Å². The number of hydrogen-bond acceptors (Lipinski definition) is 4. The molecule has 3 aromatic rings. The molecule has 134 valence electrons. The van der Waals surface area contributed by atoms with Crippen molar-refractivity contribution < 1.29 is 9.32 Å². The highest BCUT2D eigenvalue weighted by atomic mass is 16.5. The van der Waals surface area contributed by atoms with Crippen LogP contribution in [0, 0.1) is 12.8 Å². The number of carbonyl (C=O) groups excluding carboxylic acids is 1. The van der Waals surface area contributed by atoms with Gasteiger partial charge in [0.05, 0.1) is 6.54 Å². The molecule has 1 aliphatic rings. The highest BCUT2D eigenvalue weighted by molar-refractivity contribution is 6.03. The van der Waals surface area contributed by atoms with Gasteiger partial charge in [-0.05, 0) is 31.2 Å². The maximum absolute atomic E-state index is 12.6. The fourth-order valence-corrected chi connectivity index (χ4v) is 3.42. The number of hydrogen-bond donors (Lipinski definition) is 1. The van der Waals surface area contributed by atoms with Gasteiger partial charge in [0, 0.05) is 23.7 Å². The van der Waals surface area contributed by atoms with Crippen molar-refractivity contribution in [3.8, 4) is 0 Å². The van der Waals surface area contributed by atoms with E-state index in [4.69, 9.17) is 4.52 Å². The van der Waals surface area contributed by atoms with E-state index < -0.39 is 0 Å². The van der Waals surface area contributed by atoms with Gasteiger partial charge in [-0.2, -0.15) is 5.10 Å². The predicted octanol–water partition coefficient (Wildman–Crippen LogP) is 3.60. The number of amides is 1. The van der Waals surface area contributed by atoms with Gasteiger partial charge in [-0.3, -0.25) is 9.48 Å². The maximum atomic E-state index is 12.6. The Hall–Kier alpha value is -2.89. The van der Waals surface area contributed by atoms with Crippen LogP contribution in [0.5, 0.6) is 0 Å². The molecule has 2 heterocycles. The standard InChI is InChI=1S/C20H22N4O2/c1-13-8-9-17-16(10-13)19(23-26-17)20(25)21-18-11-14(2)24(22-18)12-15-6-4-3-5-7-15/h3-7,11,13H,8-10,12H2,1-2H3,(H,21,22,25). The Morgan fingerprint density at radius 2 is 2.15 bits per heavy atom. The number of fused-ring (bicyclic) bond motifs is 1. The molecule has 2 aromatic heterocycles. The van der Waals surface area contributed by atoms with Crippen molar-refractivity contribution >= 4 is 11.7 Å². The molecule has 0 radical (unpaired) electrons. The molecule has 1 unspecified atom stereocenters. The summed E-state index contributed by atoms with van der Waals surface area (Å²) in [6.45, 7) is 4.83. The van der Waals surface area contributed by atoms with Crippen LogP contribution in [0.1, 0.15) is 46.4 Å². The normalized spacial score (nSPS) is 16.3. The van der Waals surface area contributed by atoms with E-state index in [-0.39, 0.29) is 5.91 Å². The first-order valence-corrected chi connectivity index (χ1v) is 8.97. The lowest BCUT2D eigenvalue weighted by atomic mass is 9.88. The molecule has 1 aromatic carbocycles. The summed E-state index contributed by atoms with van der Waals surface area (Å²) in [5.74, 6) is 1.66. The van der Waals surface area contributed by atoms with Crippen LogP contribution in [0.2, 0.25) is 0 Å². The average molecular weight is 350 g/mol. The second-order valence-electron chi connectivity index (χ2n) is 7.05. The Bertz CT molecular complexity index is 927. The van der Waals surface area contributed by atoms with Crippen molar-refractivity contribution in [3.05, 3.63) is 64.7 Å². The second kappa shape index (κ2) is 6.78. The van der Waals surface area contributed by atoms with Gasteiger partial charge >= 0.3 is 0 Å². The summed E-state index contributed by atoms with van der Waals surface area (Å²) < 4.78 is 7.25. The van der Waals surface area contributed by atoms with Crippen LogP contribution in [0.4, 0.5) is 5.82 Å². The number of nitrogens with zero attached hydrogens (tertiary/aromatic N) is 3. The lowest BCUT2D eigenvalue weighted by Crippen LogP contribution is -2.18. The maximum Gasteiger partial charge on any atom is 0.279 e. The minimum Gasteiger partial charge on any atom is -0.360 e. The molecule has 6 heteroatoms. The minimum atomic E-state index is -0.256. The molecule has 0 saturated heterocycles. The number of benzene rings is 1. The van der Waals surface area contributed by atoms with E-state index in [1.165, 1.54) is 0 Å². The van der Waals surface area contributed by atoms with Crippen LogP contribution in [-0.2, 0) is 19.4 Å². The molecule has 4 rings (SSSR count). The molecule has 0 saturated carbocycles. The van der Waals surface area contributed by atoms with Gasteiger partial charge < -0.3 is 9.84 Å². The smallest absolute Gasteiger partial charge is 0.279 e. The summed E-state index contributed by atoms with van der Waals surface area (Å²) in [6.07, 6.45) is 2.76. The number of aryl methyl sites for hydroxylation is 2. The van der Waals surface area contributed by atoms with Crippen molar-refractivity contribution in [1.29, 1.82) is 0 Å².